The Balaban J connectivity index is 0.0000000984. The second-order valence-electron chi connectivity index (χ2n) is 31.2. The first kappa shape index (κ1) is 73.4. The lowest BCUT2D eigenvalue weighted by Crippen LogP contribution is -1.92. The zero-order valence-electron chi connectivity index (χ0n) is 67.1. The molecule has 0 saturated carbocycles. The molecule has 4 heterocycles. The summed E-state index contributed by atoms with van der Waals surface area (Å²) >= 11 is 1.90. The quantitative estimate of drug-likeness (QED) is 0.0960. The Morgan fingerprint density at radius 3 is 1.16 bits per heavy atom. The fraction of sp³-hybridized carbons (Fsp3) is 0.00870. The van der Waals surface area contributed by atoms with Crippen molar-refractivity contribution in [2.45, 2.75) is 6.92 Å². The van der Waals surface area contributed by atoms with E-state index in [9.17, 15) is 0 Å². The van der Waals surface area contributed by atoms with Gasteiger partial charge in [-0.2, -0.15) is 0 Å². The molecule has 0 radical (unpaired) electrons. The van der Waals surface area contributed by atoms with Gasteiger partial charge < -0.3 is 34.5 Å². The van der Waals surface area contributed by atoms with E-state index in [1.165, 1.54) is 123 Å². The van der Waals surface area contributed by atoms with Crippen LogP contribution in [-0.4, -0.2) is 0 Å². The zero-order valence-corrected chi connectivity index (χ0v) is 67.9. The third kappa shape index (κ3) is 13.9. The average Bonchev–Trinajstić information content (AvgIpc) is 1.62. The second-order valence-corrected chi connectivity index (χ2v) is 32.2. The molecule has 0 amide bonds. The number of para-hydroxylation sites is 4. The molecule has 0 bridgehead atoms. The summed E-state index contributed by atoms with van der Waals surface area (Å²) in [4.78, 5) is 0. The molecule has 0 aliphatic carbocycles. The lowest BCUT2D eigenvalue weighted by Gasteiger charge is -2.11. The Morgan fingerprint density at radius 1 is 0.211 bits per heavy atom. The van der Waals surface area contributed by atoms with Crippen LogP contribution < -0.4 is 21.3 Å². The van der Waals surface area contributed by atoms with E-state index in [0.717, 1.165) is 111 Å². The highest BCUT2D eigenvalue weighted by Crippen LogP contribution is 2.50. The number of thiophene rings is 1. The van der Waals surface area contributed by atoms with Gasteiger partial charge in [-0.25, -0.2) is 0 Å². The lowest BCUT2D eigenvalue weighted by molar-refractivity contribution is 0.670. The van der Waals surface area contributed by atoms with Crippen molar-refractivity contribution in [1.82, 2.24) is 0 Å². The molecule has 8 heteroatoms. The topological polar surface area (TPSA) is 87.5 Å². The number of benzene rings is 21. The maximum atomic E-state index is 6.35. The number of fused-ring (bicyclic) bond motifs is 25. The summed E-state index contributed by atoms with van der Waals surface area (Å²) in [5.74, 6) is 0. The summed E-state index contributed by atoms with van der Waals surface area (Å²) in [7, 11) is 0. The number of hydrogen-bond donors (Lipinski definition) is 4. The third-order valence-electron chi connectivity index (χ3n) is 23.6. The van der Waals surface area contributed by atoms with Gasteiger partial charge in [0.05, 0.1) is 27.4 Å². The summed E-state index contributed by atoms with van der Waals surface area (Å²) in [6.45, 7) is 2.05. The van der Waals surface area contributed by atoms with Gasteiger partial charge in [0.2, 0.25) is 0 Å². The maximum absolute atomic E-state index is 6.35. The van der Waals surface area contributed by atoms with Gasteiger partial charge in [0.15, 0.2) is 16.7 Å². The predicted molar refractivity (Wildman–Crippen MR) is 528 cm³/mol. The highest BCUT2D eigenvalue weighted by Gasteiger charge is 2.22. The van der Waals surface area contributed by atoms with Crippen molar-refractivity contribution in [3.05, 3.63) is 430 Å². The Hall–Kier alpha value is -16.0. The molecule has 0 atom stereocenters. The van der Waals surface area contributed by atoms with Crippen LogP contribution >= 0.6 is 11.3 Å². The van der Waals surface area contributed by atoms with Crippen LogP contribution in [0.4, 0.5) is 45.5 Å². The van der Waals surface area contributed by atoms with Crippen LogP contribution in [0.1, 0.15) is 12.5 Å². The van der Waals surface area contributed by atoms with Gasteiger partial charge in [-0.15, -0.1) is 11.3 Å². The highest BCUT2D eigenvalue weighted by molar-refractivity contribution is 7.27. The standard InChI is InChI=1S/C33H23NS.C32H21NO.C26H17NO.C24H17NO/c1-2-9-21-16-18-23(19-17-21)34-29-20-22-10-3-4-11-24(22)30-31-27-14-7-5-12-25(27)26-13-6-8-15-28(26)32(31)35-33(29)30;1-2-8-21(9-3-1)22-14-15-24-19-26(17-16-23(24)18-22)33-29-20-25-10-4-5-11-27(25)31-28-12-6-7-13-30(28)34-32(29)31;1-2-8-18-15-20(14-13-17(18)7-1)27-23-16-19-9-3-4-10-21(19)25-22-11-5-6-12-24(22)28-26(23)25;1-2-7-17(8-3-1)18-13-15-19(16-14-18)25-22-11-6-10-21-20-9-4-5-12-23(20)26-24(21)22/h2-20,34H,1H3;1-20,33H;1-16,27H;1-16,25H/b9-2+;;;. The molecule has 0 unspecified atom stereocenters. The fourth-order valence-corrected chi connectivity index (χ4v) is 19.1. The van der Waals surface area contributed by atoms with E-state index in [1.54, 1.807) is 0 Å². The average molecular weight is 1600 g/mol. The normalized spacial score (nSPS) is 11.6. The summed E-state index contributed by atoms with van der Waals surface area (Å²) in [6.07, 6.45) is 4.20. The number of nitrogens with one attached hydrogen (secondary N) is 4. The van der Waals surface area contributed by atoms with Gasteiger partial charge in [-0.3, -0.25) is 0 Å². The van der Waals surface area contributed by atoms with Gasteiger partial charge in [0.1, 0.15) is 16.7 Å². The predicted octanol–water partition coefficient (Wildman–Crippen LogP) is 34.2. The minimum absolute atomic E-state index is 0.888. The van der Waals surface area contributed by atoms with E-state index in [2.05, 4.69) is 397 Å². The molecule has 582 valence electrons. The van der Waals surface area contributed by atoms with Gasteiger partial charge in [0, 0.05) is 75.9 Å². The smallest absolute Gasteiger partial charge is 0.159 e. The zero-order chi connectivity index (χ0) is 81.7. The third-order valence-corrected chi connectivity index (χ3v) is 24.8. The van der Waals surface area contributed by atoms with Crippen molar-refractivity contribution in [2.24, 2.45) is 0 Å². The Morgan fingerprint density at radius 2 is 0.577 bits per heavy atom. The molecule has 0 aliphatic rings. The number of anilines is 8. The van der Waals surface area contributed by atoms with Crippen molar-refractivity contribution < 1.29 is 13.3 Å². The van der Waals surface area contributed by atoms with Crippen LogP contribution in [0.15, 0.2) is 438 Å². The summed E-state index contributed by atoms with van der Waals surface area (Å²) in [6, 6.07) is 147. The molecule has 0 fully saturated rings. The van der Waals surface area contributed by atoms with Crippen LogP contribution in [0, 0.1) is 0 Å². The summed E-state index contributed by atoms with van der Waals surface area (Å²) in [5, 5.41) is 41.6. The molecule has 4 aromatic heterocycles. The Kier molecular flexibility index (Phi) is 18.9. The van der Waals surface area contributed by atoms with Gasteiger partial charge >= 0.3 is 0 Å². The molecule has 4 N–H and O–H groups in total. The largest absolute Gasteiger partial charge is 0.454 e. The first-order chi connectivity index (χ1) is 60.9. The molecular formula is C115H78N4O3S. The van der Waals surface area contributed by atoms with E-state index in [-0.39, 0.29) is 0 Å². The van der Waals surface area contributed by atoms with Crippen LogP contribution in [0.25, 0.3) is 190 Å². The van der Waals surface area contributed by atoms with Gasteiger partial charge in [0.25, 0.3) is 0 Å². The van der Waals surface area contributed by atoms with Crippen LogP contribution in [-0.2, 0) is 0 Å². The van der Waals surface area contributed by atoms with Crippen molar-refractivity contribution in [1.29, 1.82) is 0 Å². The van der Waals surface area contributed by atoms with Crippen molar-refractivity contribution in [3.63, 3.8) is 0 Å². The highest BCUT2D eigenvalue weighted by atomic mass is 32.1. The molecule has 7 nitrogen and oxygen atoms in total. The Bertz CT molecular complexity index is 8390. The van der Waals surface area contributed by atoms with Gasteiger partial charge in [-0.1, -0.05) is 334 Å². The number of furan rings is 3. The maximum Gasteiger partial charge on any atom is 0.159 e. The molecule has 25 rings (SSSR count). The summed E-state index contributed by atoms with van der Waals surface area (Å²) < 4.78 is 21.4. The number of rotatable bonds is 11. The van der Waals surface area contributed by atoms with E-state index in [4.69, 9.17) is 13.3 Å². The van der Waals surface area contributed by atoms with Crippen LogP contribution in [0.5, 0.6) is 0 Å². The monoisotopic (exact) mass is 1590 g/mol. The number of allylic oxidation sites excluding steroid dienone is 1. The summed E-state index contributed by atoms with van der Waals surface area (Å²) in [5.41, 5.74) is 19.8. The lowest BCUT2D eigenvalue weighted by atomic mass is 9.95. The van der Waals surface area contributed by atoms with E-state index in [1.807, 2.05) is 72.9 Å². The van der Waals surface area contributed by atoms with E-state index < -0.39 is 0 Å². The van der Waals surface area contributed by atoms with Crippen LogP contribution in [0.3, 0.4) is 0 Å². The second kappa shape index (κ2) is 31.7. The molecule has 25 aromatic rings. The number of hydrogen-bond acceptors (Lipinski definition) is 8. The van der Waals surface area contributed by atoms with Gasteiger partial charge in [-0.05, 0) is 202 Å². The molecule has 21 aromatic carbocycles. The Labute approximate surface area is 713 Å². The first-order valence-electron chi connectivity index (χ1n) is 41.7. The first-order valence-corrected chi connectivity index (χ1v) is 42.5. The SMILES string of the molecule is C/C=C/c1ccc(Nc2cc3ccccc3c3c2sc2c4ccccc4c4ccccc4c23)cc1.c1ccc(-c2ccc(Nc3cccc4c3oc3ccccc34)cc2)cc1.c1ccc(-c2ccc3cc(Nc4cc5ccccc5c5c4oc4ccccc45)ccc3c2)cc1.c1ccc2cc(Nc3cc4ccccc4c4c3oc3ccccc34)ccc2c1. The van der Waals surface area contributed by atoms with Crippen molar-refractivity contribution >= 4 is 224 Å². The molecular weight excluding hydrogens is 1520 g/mol. The van der Waals surface area contributed by atoms with E-state index >= 15 is 0 Å². The van der Waals surface area contributed by atoms with Crippen molar-refractivity contribution in [3.8, 4) is 22.3 Å². The van der Waals surface area contributed by atoms with Crippen LogP contribution in [0.2, 0.25) is 0 Å². The van der Waals surface area contributed by atoms with E-state index in [0.29, 0.717) is 0 Å². The minimum Gasteiger partial charge on any atom is -0.454 e. The molecule has 0 saturated heterocycles. The molecule has 0 spiro atoms. The minimum atomic E-state index is 0.888. The molecule has 0 aliphatic heterocycles. The molecule has 123 heavy (non-hydrogen) atoms. The van der Waals surface area contributed by atoms with Crippen molar-refractivity contribution in [2.75, 3.05) is 21.3 Å². The fourth-order valence-electron chi connectivity index (χ4n) is 17.8.